The summed E-state index contributed by atoms with van der Waals surface area (Å²) in [6, 6.07) is 16.6. The van der Waals surface area contributed by atoms with Gasteiger partial charge in [-0.25, -0.2) is 0 Å². The Morgan fingerprint density at radius 1 is 1.13 bits per heavy atom. The summed E-state index contributed by atoms with van der Waals surface area (Å²) >= 11 is 0. The number of rotatable bonds is 5. The van der Waals surface area contributed by atoms with Gasteiger partial charge in [-0.05, 0) is 60.0 Å². The third-order valence-corrected chi connectivity index (χ3v) is 5.17. The molecular weight excluding hydrogens is 390 g/mol. The highest BCUT2D eigenvalue weighted by Gasteiger charge is 2.28. The van der Waals surface area contributed by atoms with Crippen LogP contribution in [0.15, 0.2) is 73.2 Å². The summed E-state index contributed by atoms with van der Waals surface area (Å²) in [5, 5.41) is 2.94. The highest BCUT2D eigenvalue weighted by atomic mass is 16.5. The number of nitrogens with one attached hydrogen (secondary N) is 1. The van der Waals surface area contributed by atoms with Gasteiger partial charge in [0.25, 0.3) is 0 Å². The van der Waals surface area contributed by atoms with Crippen molar-refractivity contribution in [3.63, 3.8) is 0 Å². The van der Waals surface area contributed by atoms with Crippen LogP contribution in [0.25, 0.3) is 6.08 Å². The van der Waals surface area contributed by atoms with E-state index in [0.717, 1.165) is 16.7 Å². The van der Waals surface area contributed by atoms with Crippen LogP contribution in [0.5, 0.6) is 11.5 Å². The number of hydrogen-bond donors (Lipinski definition) is 1. The van der Waals surface area contributed by atoms with Crippen molar-refractivity contribution in [1.29, 1.82) is 0 Å². The van der Waals surface area contributed by atoms with Gasteiger partial charge in [0, 0.05) is 25.0 Å². The highest BCUT2D eigenvalue weighted by molar-refractivity contribution is 5.92. The number of fused-ring (bicyclic) bond motifs is 1. The summed E-state index contributed by atoms with van der Waals surface area (Å²) < 4.78 is 5.84. The van der Waals surface area contributed by atoms with E-state index in [1.807, 2.05) is 61.5 Å². The summed E-state index contributed by atoms with van der Waals surface area (Å²) in [5.74, 6) is 1.08. The molecule has 6 nitrogen and oxygen atoms in total. The number of anilines is 1. The van der Waals surface area contributed by atoms with E-state index >= 15 is 0 Å². The first kappa shape index (κ1) is 20.3. The Morgan fingerprint density at radius 3 is 2.71 bits per heavy atom. The number of ether oxygens (including phenoxy) is 1. The first-order chi connectivity index (χ1) is 15.0. The van der Waals surface area contributed by atoms with Crippen molar-refractivity contribution in [3.05, 3.63) is 89.9 Å². The lowest BCUT2D eigenvalue weighted by atomic mass is 9.93. The van der Waals surface area contributed by atoms with E-state index in [-0.39, 0.29) is 24.3 Å². The Bertz CT molecular complexity index is 1140. The summed E-state index contributed by atoms with van der Waals surface area (Å²) in [6.45, 7) is 3.43. The molecule has 1 atom stereocenters. The van der Waals surface area contributed by atoms with Crippen molar-refractivity contribution in [2.24, 2.45) is 0 Å². The fraction of sp³-hybridized carbons (Fsp3) is 0.160. The second-order valence-corrected chi connectivity index (χ2v) is 7.41. The molecule has 156 valence electrons. The van der Waals surface area contributed by atoms with Crippen LogP contribution in [-0.2, 0) is 9.59 Å². The van der Waals surface area contributed by atoms with Gasteiger partial charge in [-0.15, -0.1) is 0 Å². The standard InChI is InChI=1S/C25H23N3O3/c1-17-14-20(9-10-24(17)31-21-7-5-12-26-16-21)27-25(30)15-23-22-8-4-3-6-19(22)11-13-28(23)18(2)29/h3-14,16,23H,15H2,1-2H3,(H,27,30). The predicted octanol–water partition coefficient (Wildman–Crippen LogP) is 5.09. The number of benzene rings is 2. The molecule has 1 N–H and O–H groups in total. The summed E-state index contributed by atoms with van der Waals surface area (Å²) in [5.41, 5.74) is 3.55. The smallest absolute Gasteiger partial charge is 0.226 e. The minimum atomic E-state index is -0.340. The maximum Gasteiger partial charge on any atom is 0.226 e. The topological polar surface area (TPSA) is 71.5 Å². The Kier molecular flexibility index (Phi) is 5.80. The first-order valence-corrected chi connectivity index (χ1v) is 10.1. The first-order valence-electron chi connectivity index (χ1n) is 10.1. The molecule has 2 heterocycles. The molecule has 0 spiro atoms. The SMILES string of the molecule is CC(=O)N1C=Cc2ccccc2C1CC(=O)Nc1ccc(Oc2cccnc2)c(C)c1. The van der Waals surface area contributed by atoms with Crippen LogP contribution in [-0.4, -0.2) is 21.7 Å². The summed E-state index contributed by atoms with van der Waals surface area (Å²) in [4.78, 5) is 30.6. The number of pyridine rings is 1. The van der Waals surface area contributed by atoms with Crippen LogP contribution in [0, 0.1) is 6.92 Å². The van der Waals surface area contributed by atoms with Gasteiger partial charge in [-0.1, -0.05) is 24.3 Å². The van der Waals surface area contributed by atoms with Gasteiger partial charge in [-0.3, -0.25) is 14.6 Å². The Balaban J connectivity index is 1.47. The summed E-state index contributed by atoms with van der Waals surface area (Å²) in [6.07, 6.45) is 7.14. The van der Waals surface area contributed by atoms with E-state index in [1.165, 1.54) is 6.92 Å². The second kappa shape index (κ2) is 8.83. The average Bonchev–Trinajstić information content (AvgIpc) is 2.76. The zero-order chi connectivity index (χ0) is 21.8. The third-order valence-electron chi connectivity index (χ3n) is 5.17. The monoisotopic (exact) mass is 413 g/mol. The van der Waals surface area contributed by atoms with Crippen LogP contribution in [0.3, 0.4) is 0 Å². The van der Waals surface area contributed by atoms with E-state index in [1.54, 1.807) is 29.6 Å². The Morgan fingerprint density at radius 2 is 1.97 bits per heavy atom. The summed E-state index contributed by atoms with van der Waals surface area (Å²) in [7, 11) is 0. The molecule has 4 rings (SSSR count). The molecule has 6 heteroatoms. The van der Waals surface area contributed by atoms with Crippen LogP contribution in [0.2, 0.25) is 0 Å². The number of aryl methyl sites for hydroxylation is 1. The molecule has 2 aromatic carbocycles. The van der Waals surface area contributed by atoms with Crippen molar-refractivity contribution >= 4 is 23.6 Å². The number of amides is 2. The molecule has 1 aromatic heterocycles. The van der Waals surface area contributed by atoms with Gasteiger partial charge in [0.2, 0.25) is 11.8 Å². The number of carbonyl (C=O) groups is 2. The predicted molar refractivity (Wildman–Crippen MR) is 119 cm³/mol. The van der Waals surface area contributed by atoms with E-state index in [0.29, 0.717) is 17.2 Å². The molecule has 0 radical (unpaired) electrons. The lowest BCUT2D eigenvalue weighted by Crippen LogP contribution is -2.33. The molecule has 0 saturated carbocycles. The Hall–Kier alpha value is -3.93. The number of aromatic nitrogens is 1. The average molecular weight is 413 g/mol. The van der Waals surface area contributed by atoms with E-state index < -0.39 is 0 Å². The molecule has 0 fully saturated rings. The molecule has 3 aromatic rings. The largest absolute Gasteiger partial charge is 0.455 e. The van der Waals surface area contributed by atoms with Crippen molar-refractivity contribution in [2.75, 3.05) is 5.32 Å². The van der Waals surface area contributed by atoms with E-state index in [2.05, 4.69) is 10.3 Å². The highest BCUT2D eigenvalue weighted by Crippen LogP contribution is 2.33. The van der Waals surface area contributed by atoms with Crippen molar-refractivity contribution in [1.82, 2.24) is 9.88 Å². The maximum atomic E-state index is 12.8. The normalized spacial score (nSPS) is 14.6. The number of carbonyl (C=O) groups excluding carboxylic acids is 2. The van der Waals surface area contributed by atoms with Gasteiger partial charge >= 0.3 is 0 Å². The van der Waals surface area contributed by atoms with Crippen LogP contribution < -0.4 is 10.1 Å². The van der Waals surface area contributed by atoms with Gasteiger partial charge in [0.15, 0.2) is 0 Å². The molecule has 0 bridgehead atoms. The zero-order valence-electron chi connectivity index (χ0n) is 17.4. The molecule has 31 heavy (non-hydrogen) atoms. The van der Waals surface area contributed by atoms with E-state index in [9.17, 15) is 9.59 Å². The molecule has 1 aliphatic rings. The number of hydrogen-bond acceptors (Lipinski definition) is 4. The minimum Gasteiger partial charge on any atom is -0.455 e. The van der Waals surface area contributed by atoms with Crippen LogP contribution >= 0.6 is 0 Å². The second-order valence-electron chi connectivity index (χ2n) is 7.41. The molecule has 0 aliphatic carbocycles. The lowest BCUT2D eigenvalue weighted by molar-refractivity contribution is -0.129. The molecule has 1 unspecified atom stereocenters. The minimum absolute atomic E-state index is 0.101. The fourth-order valence-electron chi connectivity index (χ4n) is 3.68. The van der Waals surface area contributed by atoms with Crippen molar-refractivity contribution < 1.29 is 14.3 Å². The van der Waals surface area contributed by atoms with Gasteiger partial charge < -0.3 is 15.0 Å². The zero-order valence-corrected chi connectivity index (χ0v) is 17.4. The fourth-order valence-corrected chi connectivity index (χ4v) is 3.68. The van der Waals surface area contributed by atoms with Crippen LogP contribution in [0.4, 0.5) is 5.69 Å². The lowest BCUT2D eigenvalue weighted by Gasteiger charge is -2.32. The van der Waals surface area contributed by atoms with E-state index in [4.69, 9.17) is 4.74 Å². The van der Waals surface area contributed by atoms with Gasteiger partial charge in [0.1, 0.15) is 11.5 Å². The quantitative estimate of drug-likeness (QED) is 0.633. The molecular formula is C25H23N3O3. The molecule has 0 saturated heterocycles. The van der Waals surface area contributed by atoms with Gasteiger partial charge in [0.05, 0.1) is 18.7 Å². The maximum absolute atomic E-state index is 12.8. The number of nitrogens with zero attached hydrogens (tertiary/aromatic N) is 2. The Labute approximate surface area is 181 Å². The van der Waals surface area contributed by atoms with Crippen LogP contribution in [0.1, 0.15) is 36.1 Å². The van der Waals surface area contributed by atoms with Gasteiger partial charge in [-0.2, -0.15) is 0 Å². The molecule has 1 aliphatic heterocycles. The van der Waals surface area contributed by atoms with Crippen molar-refractivity contribution in [2.45, 2.75) is 26.3 Å². The van der Waals surface area contributed by atoms with Crippen molar-refractivity contribution in [3.8, 4) is 11.5 Å². The molecule has 2 amide bonds. The third kappa shape index (κ3) is 4.64.